The Morgan fingerprint density at radius 1 is 1.20 bits per heavy atom. The zero-order valence-corrected chi connectivity index (χ0v) is 11.8. The summed E-state index contributed by atoms with van der Waals surface area (Å²) in [5.41, 5.74) is 9.34. The number of aryl methyl sites for hydroxylation is 1. The fourth-order valence-corrected chi connectivity index (χ4v) is 2.80. The maximum Gasteiger partial charge on any atom is 0.181 e. The average Bonchev–Trinajstić information content (AvgIpc) is 2.91. The van der Waals surface area contributed by atoms with Crippen LogP contribution in [0.25, 0.3) is 11.2 Å². The number of nitrogens with zero attached hydrogens (tertiary/aromatic N) is 4. The van der Waals surface area contributed by atoms with Crippen molar-refractivity contribution in [1.82, 2.24) is 24.9 Å². The number of rotatable bonds is 4. The van der Waals surface area contributed by atoms with Gasteiger partial charge in [0.25, 0.3) is 0 Å². The first-order valence-electron chi connectivity index (χ1n) is 6.25. The third-order valence-corrected chi connectivity index (χ3v) is 4.03. The summed E-state index contributed by atoms with van der Waals surface area (Å²) in [7, 11) is 0. The van der Waals surface area contributed by atoms with Crippen LogP contribution >= 0.6 is 11.8 Å². The quantitative estimate of drug-likeness (QED) is 0.709. The molecule has 0 spiro atoms. The van der Waals surface area contributed by atoms with Crippen molar-refractivity contribution in [2.24, 2.45) is 5.73 Å². The lowest BCUT2D eigenvalue weighted by molar-refractivity contribution is 0.934. The van der Waals surface area contributed by atoms with Crippen molar-refractivity contribution < 1.29 is 0 Å². The molecule has 0 bridgehead atoms. The van der Waals surface area contributed by atoms with Gasteiger partial charge in [0.2, 0.25) is 0 Å². The normalized spacial score (nSPS) is 11.1. The molecule has 3 aromatic heterocycles. The Hall–Kier alpha value is -1.99. The Morgan fingerprint density at radius 3 is 2.90 bits per heavy atom. The molecule has 20 heavy (non-hydrogen) atoms. The molecule has 0 aliphatic rings. The lowest BCUT2D eigenvalue weighted by Gasteiger charge is -2.06. The molecule has 0 atom stereocenters. The van der Waals surface area contributed by atoms with Gasteiger partial charge in [-0.3, -0.25) is 0 Å². The number of H-pyrrole nitrogens is 1. The van der Waals surface area contributed by atoms with Crippen LogP contribution in [0.1, 0.15) is 11.1 Å². The molecule has 0 radical (unpaired) electrons. The first kappa shape index (κ1) is 13.0. The number of nitrogens with two attached hydrogens (primary N) is 1. The Labute approximate surface area is 120 Å². The topological polar surface area (TPSA) is 93.4 Å². The van der Waals surface area contributed by atoms with Gasteiger partial charge in [-0.1, -0.05) is 6.07 Å². The van der Waals surface area contributed by atoms with E-state index in [9.17, 15) is 0 Å². The second kappa shape index (κ2) is 5.56. The molecular formula is C13H14N6S. The van der Waals surface area contributed by atoms with Crippen molar-refractivity contribution in [3.63, 3.8) is 0 Å². The molecular weight excluding hydrogens is 272 g/mol. The summed E-state index contributed by atoms with van der Waals surface area (Å²) in [6.45, 7) is 2.68. The highest BCUT2D eigenvalue weighted by Gasteiger charge is 2.10. The van der Waals surface area contributed by atoms with Crippen molar-refractivity contribution in [3.8, 4) is 0 Å². The Kier molecular flexibility index (Phi) is 3.62. The number of hydrogen-bond acceptors (Lipinski definition) is 6. The lowest BCUT2D eigenvalue weighted by Crippen LogP contribution is -2.03. The molecule has 3 aromatic rings. The molecule has 0 saturated heterocycles. The molecule has 0 fully saturated rings. The third-order valence-electron chi connectivity index (χ3n) is 2.90. The van der Waals surface area contributed by atoms with E-state index >= 15 is 0 Å². The molecule has 7 heteroatoms. The SMILES string of the molecule is Cc1cc(CCN)cnc1Sc1ncnc2nc[nH]c12. The minimum Gasteiger partial charge on any atom is -0.341 e. The van der Waals surface area contributed by atoms with Gasteiger partial charge in [0.15, 0.2) is 5.65 Å². The maximum atomic E-state index is 5.56. The predicted octanol–water partition coefficient (Wildman–Crippen LogP) is 1.71. The van der Waals surface area contributed by atoms with E-state index in [4.69, 9.17) is 5.73 Å². The van der Waals surface area contributed by atoms with Crippen LogP contribution in [0.4, 0.5) is 0 Å². The van der Waals surface area contributed by atoms with Crippen molar-refractivity contribution in [2.45, 2.75) is 23.4 Å². The van der Waals surface area contributed by atoms with E-state index in [2.05, 4.69) is 31.0 Å². The number of imidazole rings is 1. The molecule has 3 N–H and O–H groups in total. The smallest absolute Gasteiger partial charge is 0.181 e. The third kappa shape index (κ3) is 2.50. The molecule has 6 nitrogen and oxygen atoms in total. The van der Waals surface area contributed by atoms with Crippen LogP contribution in [0.3, 0.4) is 0 Å². The van der Waals surface area contributed by atoms with E-state index in [0.717, 1.165) is 33.1 Å². The van der Waals surface area contributed by atoms with Crippen molar-refractivity contribution in [3.05, 3.63) is 36.0 Å². The van der Waals surface area contributed by atoms with Gasteiger partial charge in [0.05, 0.1) is 6.33 Å². The fourth-order valence-electron chi connectivity index (χ4n) is 1.94. The highest BCUT2D eigenvalue weighted by molar-refractivity contribution is 7.99. The summed E-state index contributed by atoms with van der Waals surface area (Å²) < 4.78 is 0. The van der Waals surface area contributed by atoms with E-state index in [1.54, 1.807) is 6.33 Å². The minimum absolute atomic E-state index is 0.633. The number of aromatic nitrogens is 5. The van der Waals surface area contributed by atoms with Crippen LogP contribution in [0, 0.1) is 6.92 Å². The van der Waals surface area contributed by atoms with E-state index in [1.165, 1.54) is 18.1 Å². The van der Waals surface area contributed by atoms with Crippen LogP contribution in [-0.2, 0) is 6.42 Å². The number of fused-ring (bicyclic) bond motifs is 1. The van der Waals surface area contributed by atoms with Crippen molar-refractivity contribution >= 4 is 22.9 Å². The molecule has 3 heterocycles. The number of pyridine rings is 1. The van der Waals surface area contributed by atoms with Gasteiger partial charge in [-0.25, -0.2) is 19.9 Å². The summed E-state index contributed by atoms with van der Waals surface area (Å²) in [5.74, 6) is 0. The van der Waals surface area contributed by atoms with Gasteiger partial charge in [-0.2, -0.15) is 0 Å². The van der Waals surface area contributed by atoms with E-state index < -0.39 is 0 Å². The number of nitrogens with one attached hydrogen (secondary N) is 1. The zero-order valence-electron chi connectivity index (χ0n) is 11.0. The van der Waals surface area contributed by atoms with Gasteiger partial charge in [-0.05, 0) is 42.8 Å². The minimum atomic E-state index is 0.633. The van der Waals surface area contributed by atoms with Gasteiger partial charge >= 0.3 is 0 Å². The Morgan fingerprint density at radius 2 is 2.10 bits per heavy atom. The first-order chi connectivity index (χ1) is 9.78. The zero-order chi connectivity index (χ0) is 13.9. The highest BCUT2D eigenvalue weighted by Crippen LogP contribution is 2.30. The van der Waals surface area contributed by atoms with Gasteiger partial charge < -0.3 is 10.7 Å². The van der Waals surface area contributed by atoms with Crippen molar-refractivity contribution in [1.29, 1.82) is 0 Å². The first-order valence-corrected chi connectivity index (χ1v) is 7.07. The summed E-state index contributed by atoms with van der Waals surface area (Å²) in [4.78, 5) is 20.1. The van der Waals surface area contributed by atoms with Crippen LogP contribution in [-0.4, -0.2) is 31.5 Å². The van der Waals surface area contributed by atoms with Crippen LogP contribution in [0.15, 0.2) is 35.0 Å². The van der Waals surface area contributed by atoms with E-state index in [0.29, 0.717) is 12.2 Å². The number of aromatic amines is 1. The largest absolute Gasteiger partial charge is 0.341 e. The number of hydrogen-bond donors (Lipinski definition) is 2. The average molecular weight is 286 g/mol. The molecule has 0 unspecified atom stereocenters. The molecule has 0 aliphatic heterocycles. The second-order valence-corrected chi connectivity index (χ2v) is 5.36. The van der Waals surface area contributed by atoms with Crippen LogP contribution < -0.4 is 5.73 Å². The summed E-state index contributed by atoms with van der Waals surface area (Å²) in [6.07, 6.45) is 5.85. The van der Waals surface area contributed by atoms with Gasteiger partial charge in [0.1, 0.15) is 21.9 Å². The molecule has 0 aromatic carbocycles. The van der Waals surface area contributed by atoms with E-state index in [1.807, 2.05) is 13.1 Å². The molecule has 102 valence electrons. The fraction of sp³-hybridized carbons (Fsp3) is 0.231. The van der Waals surface area contributed by atoms with Crippen LogP contribution in [0.2, 0.25) is 0 Å². The Balaban J connectivity index is 1.93. The van der Waals surface area contributed by atoms with Gasteiger partial charge in [0, 0.05) is 6.20 Å². The summed E-state index contributed by atoms with van der Waals surface area (Å²) >= 11 is 1.51. The predicted molar refractivity (Wildman–Crippen MR) is 77.5 cm³/mol. The standard InChI is InChI=1S/C13H14N6S/c1-8-4-9(2-3-14)5-15-12(8)20-13-10-11(17-6-16-10)18-7-19-13/h4-7H,2-3,14H2,1H3,(H,16,17,18,19). The molecule has 0 saturated carbocycles. The molecule has 0 amide bonds. The van der Waals surface area contributed by atoms with Gasteiger partial charge in [-0.15, -0.1) is 0 Å². The van der Waals surface area contributed by atoms with E-state index in [-0.39, 0.29) is 0 Å². The molecule has 0 aliphatic carbocycles. The lowest BCUT2D eigenvalue weighted by atomic mass is 10.2. The highest BCUT2D eigenvalue weighted by atomic mass is 32.2. The summed E-state index contributed by atoms with van der Waals surface area (Å²) in [5, 5.41) is 1.76. The second-order valence-electron chi connectivity index (χ2n) is 4.39. The van der Waals surface area contributed by atoms with Crippen molar-refractivity contribution in [2.75, 3.05) is 6.54 Å². The monoisotopic (exact) mass is 286 g/mol. The van der Waals surface area contributed by atoms with Crippen LogP contribution in [0.5, 0.6) is 0 Å². The maximum absolute atomic E-state index is 5.56. The molecule has 3 rings (SSSR count). The Bertz CT molecular complexity index is 739. The summed E-state index contributed by atoms with van der Waals surface area (Å²) in [6, 6.07) is 2.12.